The first-order valence-electron chi connectivity index (χ1n) is 10.4. The average molecular weight is 414 g/mol. The molecular formula is C25H25N4O2+. The van der Waals surface area contributed by atoms with Crippen molar-refractivity contribution in [2.75, 3.05) is 18.4 Å². The number of amides is 1. The lowest BCUT2D eigenvalue weighted by atomic mass is 10.0. The summed E-state index contributed by atoms with van der Waals surface area (Å²) in [5, 5.41) is 3.62. The minimum Gasteiger partial charge on any atom is -0.321 e. The maximum atomic E-state index is 12.8. The number of carbonyl (C=O) groups excluding carboxylic acids is 1. The van der Waals surface area contributed by atoms with Crippen molar-refractivity contribution in [3.05, 3.63) is 95.0 Å². The number of nitrogens with zero attached hydrogens (tertiary/aromatic N) is 1. The predicted octanol–water partition coefficient (Wildman–Crippen LogP) is 2.63. The third-order valence-corrected chi connectivity index (χ3v) is 5.28. The first-order valence-corrected chi connectivity index (χ1v) is 10.4. The van der Waals surface area contributed by atoms with E-state index in [1.54, 1.807) is 6.07 Å². The molecule has 0 saturated carbocycles. The van der Waals surface area contributed by atoms with E-state index in [1.165, 1.54) is 0 Å². The second kappa shape index (κ2) is 9.36. The number of nitrogens with one attached hydrogen (secondary N) is 3. The SMILES string of the molecule is CC[NH+](CC(=O)Nc1ccccc1-c1ccccc1)Cc1nc2ccccc2c(=O)[nH]1. The van der Waals surface area contributed by atoms with E-state index in [4.69, 9.17) is 0 Å². The van der Waals surface area contributed by atoms with Gasteiger partial charge in [0.2, 0.25) is 0 Å². The molecule has 0 bridgehead atoms. The van der Waals surface area contributed by atoms with E-state index in [2.05, 4.69) is 15.3 Å². The van der Waals surface area contributed by atoms with Gasteiger partial charge in [0.25, 0.3) is 11.5 Å². The number of H-pyrrole nitrogens is 1. The number of benzene rings is 3. The van der Waals surface area contributed by atoms with E-state index in [0.29, 0.717) is 23.3 Å². The molecule has 156 valence electrons. The third kappa shape index (κ3) is 4.87. The highest BCUT2D eigenvalue weighted by Crippen LogP contribution is 2.27. The first-order chi connectivity index (χ1) is 15.1. The number of quaternary nitrogens is 1. The summed E-state index contributed by atoms with van der Waals surface area (Å²) in [5.41, 5.74) is 3.33. The topological polar surface area (TPSA) is 79.3 Å². The summed E-state index contributed by atoms with van der Waals surface area (Å²) >= 11 is 0. The number of likely N-dealkylation sites (N-methyl/N-ethyl adjacent to an activating group) is 1. The van der Waals surface area contributed by atoms with Crippen LogP contribution in [0, 0.1) is 0 Å². The van der Waals surface area contributed by atoms with Gasteiger partial charge in [0, 0.05) is 11.3 Å². The number of para-hydroxylation sites is 2. The lowest BCUT2D eigenvalue weighted by Crippen LogP contribution is -3.11. The summed E-state index contributed by atoms with van der Waals surface area (Å²) in [6, 6.07) is 25.0. The third-order valence-electron chi connectivity index (χ3n) is 5.28. The average Bonchev–Trinajstić information content (AvgIpc) is 2.79. The van der Waals surface area contributed by atoms with Crippen molar-refractivity contribution in [2.45, 2.75) is 13.5 Å². The van der Waals surface area contributed by atoms with Crippen molar-refractivity contribution in [3.8, 4) is 11.1 Å². The molecular weight excluding hydrogens is 388 g/mol. The molecule has 31 heavy (non-hydrogen) atoms. The molecule has 6 nitrogen and oxygen atoms in total. The summed E-state index contributed by atoms with van der Waals surface area (Å²) in [5.74, 6) is 0.501. The molecule has 0 fully saturated rings. The zero-order valence-corrected chi connectivity index (χ0v) is 17.4. The summed E-state index contributed by atoms with van der Waals surface area (Å²) < 4.78 is 0. The molecule has 6 heteroatoms. The van der Waals surface area contributed by atoms with Crippen LogP contribution in [0.1, 0.15) is 12.7 Å². The Balaban J connectivity index is 1.48. The molecule has 1 aromatic heterocycles. The van der Waals surface area contributed by atoms with Gasteiger partial charge in [-0.1, -0.05) is 60.7 Å². The molecule has 1 heterocycles. The zero-order valence-electron chi connectivity index (χ0n) is 17.4. The van der Waals surface area contributed by atoms with Gasteiger partial charge >= 0.3 is 0 Å². The van der Waals surface area contributed by atoms with Crippen LogP contribution in [0.5, 0.6) is 0 Å². The van der Waals surface area contributed by atoms with Crippen molar-refractivity contribution in [1.82, 2.24) is 9.97 Å². The maximum absolute atomic E-state index is 12.8. The molecule has 1 atom stereocenters. The van der Waals surface area contributed by atoms with Crippen LogP contribution >= 0.6 is 0 Å². The normalized spacial score (nSPS) is 11.9. The summed E-state index contributed by atoms with van der Waals surface area (Å²) in [4.78, 5) is 33.5. The Morgan fingerprint density at radius 2 is 1.68 bits per heavy atom. The second-order valence-electron chi connectivity index (χ2n) is 7.45. The van der Waals surface area contributed by atoms with Gasteiger partial charge < -0.3 is 15.2 Å². The Kier molecular flexibility index (Phi) is 6.19. The van der Waals surface area contributed by atoms with Gasteiger partial charge in [-0.15, -0.1) is 0 Å². The highest BCUT2D eigenvalue weighted by atomic mass is 16.2. The van der Waals surface area contributed by atoms with E-state index in [1.807, 2.05) is 79.7 Å². The Morgan fingerprint density at radius 1 is 0.968 bits per heavy atom. The van der Waals surface area contributed by atoms with Crippen LogP contribution in [-0.2, 0) is 11.3 Å². The lowest BCUT2D eigenvalue weighted by Gasteiger charge is -2.18. The number of carbonyl (C=O) groups is 1. The van der Waals surface area contributed by atoms with E-state index < -0.39 is 0 Å². The number of hydrogen-bond acceptors (Lipinski definition) is 3. The Morgan fingerprint density at radius 3 is 2.48 bits per heavy atom. The standard InChI is InChI=1S/C25H24N4O2/c1-2-29(16-23-26-22-15-9-7-13-20(22)25(31)28-23)17-24(30)27-21-14-8-6-12-19(21)18-10-4-3-5-11-18/h3-15H,2,16-17H2,1H3,(H,27,30)(H,26,28,31)/p+1. The smallest absolute Gasteiger partial charge is 0.279 e. The van der Waals surface area contributed by atoms with Crippen LogP contribution in [0.2, 0.25) is 0 Å². The van der Waals surface area contributed by atoms with Crippen LogP contribution in [0.15, 0.2) is 83.7 Å². The Bertz CT molecular complexity index is 1250. The molecule has 0 aliphatic carbocycles. The molecule has 0 aliphatic heterocycles. The van der Waals surface area contributed by atoms with E-state index in [-0.39, 0.29) is 18.0 Å². The summed E-state index contributed by atoms with van der Waals surface area (Å²) in [6.07, 6.45) is 0. The quantitative estimate of drug-likeness (QED) is 0.436. The Hall–Kier alpha value is -3.77. The molecule has 0 radical (unpaired) electrons. The molecule has 1 amide bonds. The van der Waals surface area contributed by atoms with Gasteiger partial charge in [-0.2, -0.15) is 0 Å². The number of rotatable bonds is 7. The van der Waals surface area contributed by atoms with E-state index in [0.717, 1.165) is 28.3 Å². The molecule has 1 unspecified atom stereocenters. The molecule has 3 aromatic carbocycles. The second-order valence-corrected chi connectivity index (χ2v) is 7.45. The zero-order chi connectivity index (χ0) is 21.6. The first kappa shape index (κ1) is 20.5. The Labute approximate surface area is 180 Å². The van der Waals surface area contributed by atoms with E-state index in [9.17, 15) is 9.59 Å². The molecule has 4 rings (SSSR count). The number of hydrogen-bond donors (Lipinski definition) is 3. The van der Waals surface area contributed by atoms with Crippen molar-refractivity contribution in [2.24, 2.45) is 0 Å². The van der Waals surface area contributed by atoms with Crippen molar-refractivity contribution in [1.29, 1.82) is 0 Å². The number of fused-ring (bicyclic) bond motifs is 1. The largest absolute Gasteiger partial charge is 0.321 e. The van der Waals surface area contributed by atoms with Gasteiger partial charge in [0.05, 0.1) is 17.4 Å². The lowest BCUT2D eigenvalue weighted by molar-refractivity contribution is -0.904. The monoisotopic (exact) mass is 413 g/mol. The van der Waals surface area contributed by atoms with Crippen LogP contribution < -0.4 is 15.8 Å². The number of anilines is 1. The number of aromatic amines is 1. The van der Waals surface area contributed by atoms with Gasteiger partial charge in [-0.05, 0) is 30.7 Å². The summed E-state index contributed by atoms with van der Waals surface area (Å²) in [6.45, 7) is 3.48. The van der Waals surface area contributed by atoms with Crippen LogP contribution in [0.3, 0.4) is 0 Å². The van der Waals surface area contributed by atoms with Crippen LogP contribution in [-0.4, -0.2) is 29.0 Å². The minimum atomic E-state index is -0.155. The predicted molar refractivity (Wildman–Crippen MR) is 123 cm³/mol. The summed E-state index contributed by atoms with van der Waals surface area (Å²) in [7, 11) is 0. The van der Waals surface area contributed by atoms with Gasteiger partial charge in [0.15, 0.2) is 12.4 Å². The molecule has 0 aliphatic rings. The fourth-order valence-electron chi connectivity index (χ4n) is 3.65. The van der Waals surface area contributed by atoms with Crippen LogP contribution in [0.25, 0.3) is 22.0 Å². The fraction of sp³-hybridized carbons (Fsp3) is 0.160. The van der Waals surface area contributed by atoms with Crippen molar-refractivity contribution >= 4 is 22.5 Å². The molecule has 4 aromatic rings. The van der Waals surface area contributed by atoms with Crippen LogP contribution in [0.4, 0.5) is 5.69 Å². The number of aromatic nitrogens is 2. The van der Waals surface area contributed by atoms with Crippen molar-refractivity contribution in [3.63, 3.8) is 0 Å². The molecule has 0 spiro atoms. The van der Waals surface area contributed by atoms with E-state index >= 15 is 0 Å². The highest BCUT2D eigenvalue weighted by Gasteiger charge is 2.17. The minimum absolute atomic E-state index is 0.0802. The maximum Gasteiger partial charge on any atom is 0.279 e. The molecule has 3 N–H and O–H groups in total. The fourth-order valence-corrected chi connectivity index (χ4v) is 3.65. The van der Waals surface area contributed by atoms with Gasteiger partial charge in [-0.25, -0.2) is 4.98 Å². The van der Waals surface area contributed by atoms with Gasteiger partial charge in [0.1, 0.15) is 6.54 Å². The van der Waals surface area contributed by atoms with Crippen molar-refractivity contribution < 1.29 is 9.69 Å². The van der Waals surface area contributed by atoms with Gasteiger partial charge in [-0.3, -0.25) is 9.59 Å². The highest BCUT2D eigenvalue weighted by molar-refractivity contribution is 5.96. The molecule has 0 saturated heterocycles.